The fourth-order valence-electron chi connectivity index (χ4n) is 1.04. The highest BCUT2D eigenvalue weighted by molar-refractivity contribution is 7.99. The molecule has 0 aliphatic heterocycles. The molecule has 0 saturated heterocycles. The maximum Gasteiger partial charge on any atom is 0.166 e. The van der Waals surface area contributed by atoms with E-state index in [0.29, 0.717) is 0 Å². The third-order valence-electron chi connectivity index (χ3n) is 1.54. The summed E-state index contributed by atoms with van der Waals surface area (Å²) in [6, 6.07) is 1.91. The van der Waals surface area contributed by atoms with Gasteiger partial charge in [-0.3, -0.25) is 4.98 Å². The van der Waals surface area contributed by atoms with E-state index in [0.717, 1.165) is 21.9 Å². The summed E-state index contributed by atoms with van der Waals surface area (Å²) in [6.45, 7) is 2.11. The van der Waals surface area contributed by atoms with Crippen molar-refractivity contribution in [3.8, 4) is 0 Å². The minimum absolute atomic E-state index is 0.973. The number of aromatic amines is 1. The van der Waals surface area contributed by atoms with Crippen LogP contribution in [0.5, 0.6) is 0 Å². The molecule has 12 heavy (non-hydrogen) atoms. The molecular formula is C8H9N3S. The van der Waals surface area contributed by atoms with Gasteiger partial charge in [0.25, 0.3) is 0 Å². The maximum atomic E-state index is 4.37. The van der Waals surface area contributed by atoms with Crippen LogP contribution in [0.3, 0.4) is 0 Å². The Hall–Kier alpha value is -1.03. The number of H-pyrrole nitrogens is 1. The third kappa shape index (κ3) is 1.30. The molecule has 3 nitrogen and oxygen atoms in total. The first kappa shape index (κ1) is 7.61. The van der Waals surface area contributed by atoms with Gasteiger partial charge in [0.15, 0.2) is 5.16 Å². The van der Waals surface area contributed by atoms with E-state index < -0.39 is 0 Å². The second-order valence-corrected chi connectivity index (χ2v) is 3.62. The number of aromatic nitrogens is 3. The van der Waals surface area contributed by atoms with Gasteiger partial charge in [0.1, 0.15) is 0 Å². The number of fused-ring (bicyclic) bond motifs is 1. The fraction of sp³-hybridized carbons (Fsp3) is 0.250. The Morgan fingerprint density at radius 3 is 3.25 bits per heavy atom. The zero-order valence-electron chi connectivity index (χ0n) is 6.74. The predicted molar refractivity (Wildman–Crippen MR) is 50.3 cm³/mol. The Balaban J connectivity index is 2.47. The lowest BCUT2D eigenvalue weighted by molar-refractivity contribution is 1.08. The van der Waals surface area contributed by atoms with Crippen molar-refractivity contribution in [2.75, 3.05) is 5.75 Å². The van der Waals surface area contributed by atoms with E-state index in [-0.39, 0.29) is 0 Å². The van der Waals surface area contributed by atoms with Crippen molar-refractivity contribution in [2.45, 2.75) is 12.1 Å². The van der Waals surface area contributed by atoms with Crippen LogP contribution >= 0.6 is 11.8 Å². The molecule has 0 spiro atoms. The van der Waals surface area contributed by atoms with E-state index in [2.05, 4.69) is 21.9 Å². The third-order valence-corrected chi connectivity index (χ3v) is 2.30. The maximum absolute atomic E-state index is 4.37. The number of rotatable bonds is 2. The molecule has 1 N–H and O–H groups in total. The van der Waals surface area contributed by atoms with Gasteiger partial charge in [-0.05, 0) is 11.8 Å². The van der Waals surface area contributed by atoms with Crippen molar-refractivity contribution in [1.82, 2.24) is 15.0 Å². The number of imidazole rings is 1. The summed E-state index contributed by atoms with van der Waals surface area (Å²) in [6.07, 6.45) is 3.55. The number of pyridine rings is 1. The summed E-state index contributed by atoms with van der Waals surface area (Å²) >= 11 is 1.71. The van der Waals surface area contributed by atoms with Gasteiger partial charge in [0.2, 0.25) is 0 Å². The lowest BCUT2D eigenvalue weighted by atomic mass is 10.4. The van der Waals surface area contributed by atoms with Crippen LogP contribution < -0.4 is 0 Å². The zero-order valence-corrected chi connectivity index (χ0v) is 7.56. The Labute approximate surface area is 74.6 Å². The van der Waals surface area contributed by atoms with Gasteiger partial charge in [-0.1, -0.05) is 18.7 Å². The van der Waals surface area contributed by atoms with E-state index >= 15 is 0 Å². The Morgan fingerprint density at radius 2 is 2.50 bits per heavy atom. The molecule has 2 aromatic heterocycles. The average molecular weight is 179 g/mol. The van der Waals surface area contributed by atoms with Crippen molar-refractivity contribution in [1.29, 1.82) is 0 Å². The van der Waals surface area contributed by atoms with Gasteiger partial charge in [0.05, 0.1) is 17.2 Å². The Morgan fingerprint density at radius 1 is 1.58 bits per heavy atom. The zero-order chi connectivity index (χ0) is 8.39. The highest BCUT2D eigenvalue weighted by Crippen LogP contribution is 2.17. The normalized spacial score (nSPS) is 10.8. The van der Waals surface area contributed by atoms with Crippen molar-refractivity contribution in [2.24, 2.45) is 0 Å². The summed E-state index contributed by atoms with van der Waals surface area (Å²) in [5.41, 5.74) is 1.99. The van der Waals surface area contributed by atoms with Crippen molar-refractivity contribution in [3.63, 3.8) is 0 Å². The van der Waals surface area contributed by atoms with Crippen LogP contribution in [-0.4, -0.2) is 20.7 Å². The van der Waals surface area contributed by atoms with Gasteiger partial charge in [-0.2, -0.15) is 0 Å². The van der Waals surface area contributed by atoms with Crippen molar-refractivity contribution >= 4 is 22.8 Å². The lowest BCUT2D eigenvalue weighted by Gasteiger charge is -1.86. The second-order valence-electron chi connectivity index (χ2n) is 2.37. The summed E-state index contributed by atoms with van der Waals surface area (Å²) in [4.78, 5) is 11.6. The van der Waals surface area contributed by atoms with E-state index in [4.69, 9.17) is 0 Å². The smallest absolute Gasteiger partial charge is 0.166 e. The number of hydrogen-bond acceptors (Lipinski definition) is 3. The van der Waals surface area contributed by atoms with Crippen LogP contribution in [0.4, 0.5) is 0 Å². The van der Waals surface area contributed by atoms with Gasteiger partial charge in [-0.15, -0.1) is 0 Å². The molecule has 2 aromatic rings. The second kappa shape index (κ2) is 3.15. The largest absolute Gasteiger partial charge is 0.332 e. The molecule has 0 saturated carbocycles. The van der Waals surface area contributed by atoms with Crippen molar-refractivity contribution in [3.05, 3.63) is 18.5 Å². The summed E-state index contributed by atoms with van der Waals surface area (Å²) in [5.74, 6) is 1.03. The monoisotopic (exact) mass is 179 g/mol. The number of hydrogen-bond donors (Lipinski definition) is 1. The molecule has 0 aromatic carbocycles. The lowest BCUT2D eigenvalue weighted by Crippen LogP contribution is -1.73. The molecular weight excluding hydrogens is 170 g/mol. The molecule has 0 unspecified atom stereocenters. The molecule has 0 fully saturated rings. The molecule has 62 valence electrons. The highest BCUT2D eigenvalue weighted by atomic mass is 32.2. The quantitative estimate of drug-likeness (QED) is 0.717. The first-order chi connectivity index (χ1) is 5.90. The predicted octanol–water partition coefficient (Wildman–Crippen LogP) is 2.07. The minimum atomic E-state index is 0.973. The van der Waals surface area contributed by atoms with E-state index in [1.54, 1.807) is 24.2 Å². The summed E-state index contributed by atoms with van der Waals surface area (Å²) in [5, 5.41) is 0.973. The molecule has 4 heteroatoms. The Bertz CT molecular complexity index is 349. The molecule has 0 aliphatic carbocycles. The summed E-state index contributed by atoms with van der Waals surface area (Å²) < 4.78 is 0. The number of nitrogens with zero attached hydrogens (tertiary/aromatic N) is 2. The first-order valence-corrected chi connectivity index (χ1v) is 4.81. The molecule has 2 heterocycles. The SMILES string of the molecule is CCSc1nc2ccncc2[nH]1. The molecule has 0 radical (unpaired) electrons. The first-order valence-electron chi connectivity index (χ1n) is 3.82. The number of thioether (sulfide) groups is 1. The van der Waals surface area contributed by atoms with Gasteiger partial charge >= 0.3 is 0 Å². The summed E-state index contributed by atoms with van der Waals surface area (Å²) in [7, 11) is 0. The highest BCUT2D eigenvalue weighted by Gasteiger charge is 2.00. The van der Waals surface area contributed by atoms with Crippen LogP contribution in [0, 0.1) is 0 Å². The average Bonchev–Trinajstić information content (AvgIpc) is 2.47. The van der Waals surface area contributed by atoms with Crippen LogP contribution in [0.2, 0.25) is 0 Å². The topological polar surface area (TPSA) is 41.6 Å². The van der Waals surface area contributed by atoms with Gasteiger partial charge in [0, 0.05) is 6.20 Å². The van der Waals surface area contributed by atoms with E-state index in [1.165, 1.54) is 0 Å². The van der Waals surface area contributed by atoms with E-state index in [9.17, 15) is 0 Å². The molecule has 0 aliphatic rings. The molecule has 0 amide bonds. The standard InChI is InChI=1S/C8H9N3S/c1-2-12-8-10-6-3-4-9-5-7(6)11-8/h3-5H,2H2,1H3,(H,10,11). The molecule has 0 atom stereocenters. The van der Waals surface area contributed by atoms with Gasteiger partial charge in [-0.25, -0.2) is 4.98 Å². The van der Waals surface area contributed by atoms with Crippen LogP contribution in [0.1, 0.15) is 6.92 Å². The van der Waals surface area contributed by atoms with Crippen LogP contribution in [0.25, 0.3) is 11.0 Å². The minimum Gasteiger partial charge on any atom is -0.332 e. The fourth-order valence-corrected chi connectivity index (χ4v) is 1.66. The van der Waals surface area contributed by atoms with Crippen molar-refractivity contribution < 1.29 is 0 Å². The Kier molecular flexibility index (Phi) is 1.99. The van der Waals surface area contributed by atoms with E-state index in [1.807, 2.05) is 6.07 Å². The number of nitrogens with one attached hydrogen (secondary N) is 1. The molecule has 2 rings (SSSR count). The van der Waals surface area contributed by atoms with Crippen LogP contribution in [-0.2, 0) is 0 Å². The van der Waals surface area contributed by atoms with Gasteiger partial charge < -0.3 is 4.98 Å². The van der Waals surface area contributed by atoms with Crippen LogP contribution in [0.15, 0.2) is 23.6 Å². The molecule has 0 bridgehead atoms.